The summed E-state index contributed by atoms with van der Waals surface area (Å²) in [5, 5.41) is 27.9. The zero-order valence-electron chi connectivity index (χ0n) is 13.1. The summed E-state index contributed by atoms with van der Waals surface area (Å²) in [7, 11) is 1.48. The van der Waals surface area contributed by atoms with Gasteiger partial charge in [-0.1, -0.05) is 0 Å². The molecule has 0 bridgehead atoms. The Bertz CT molecular complexity index is 705. The molecule has 2 rings (SSSR count). The molecule has 1 aliphatic rings. The molecule has 0 aliphatic carbocycles. The van der Waals surface area contributed by atoms with Crippen LogP contribution in [0.25, 0.3) is 0 Å². The molecule has 1 aliphatic heterocycles. The Morgan fingerprint density at radius 3 is 2.64 bits per heavy atom. The van der Waals surface area contributed by atoms with Crippen LogP contribution in [-0.2, 0) is 11.8 Å². The van der Waals surface area contributed by atoms with Gasteiger partial charge >= 0.3 is 5.69 Å². The van der Waals surface area contributed by atoms with E-state index in [0.717, 1.165) is 10.7 Å². The van der Waals surface area contributed by atoms with E-state index in [1.807, 2.05) is 0 Å². The molecular formula is C14H24N3O4P. The van der Waals surface area contributed by atoms with Crippen LogP contribution in [-0.4, -0.2) is 63.5 Å². The Labute approximate surface area is 129 Å². The first-order valence-corrected chi connectivity index (χ1v) is 10.2. The van der Waals surface area contributed by atoms with Crippen molar-refractivity contribution < 1.29 is 14.9 Å². The van der Waals surface area contributed by atoms with E-state index >= 15 is 0 Å². The van der Waals surface area contributed by atoms with Gasteiger partial charge in [-0.3, -0.25) is 14.5 Å². The maximum absolute atomic E-state index is 12.2. The minimum absolute atomic E-state index is 0.0643. The molecule has 0 aromatic carbocycles. The molecule has 1 saturated heterocycles. The highest BCUT2D eigenvalue weighted by atomic mass is 31.2. The predicted octanol–water partition coefficient (Wildman–Crippen LogP) is -0.615. The van der Waals surface area contributed by atoms with Crippen molar-refractivity contribution in [2.45, 2.75) is 31.0 Å². The van der Waals surface area contributed by atoms with Gasteiger partial charge in [0.15, 0.2) is 6.23 Å². The molecule has 0 amide bonds. The van der Waals surface area contributed by atoms with Crippen molar-refractivity contribution in [2.24, 2.45) is 7.05 Å². The van der Waals surface area contributed by atoms with Gasteiger partial charge in [0.05, 0.1) is 6.10 Å². The van der Waals surface area contributed by atoms with E-state index in [1.165, 1.54) is 23.9 Å². The molecular weight excluding hydrogens is 305 g/mol. The van der Waals surface area contributed by atoms with E-state index in [2.05, 4.69) is 19.6 Å². The van der Waals surface area contributed by atoms with Crippen molar-refractivity contribution in [2.75, 3.05) is 19.5 Å². The predicted molar refractivity (Wildman–Crippen MR) is 86.8 cm³/mol. The lowest BCUT2D eigenvalue weighted by Crippen LogP contribution is -2.41. The third-order valence-corrected chi connectivity index (χ3v) is 5.36. The van der Waals surface area contributed by atoms with Gasteiger partial charge in [-0.05, 0) is 32.0 Å². The van der Waals surface area contributed by atoms with Crippen LogP contribution in [0.3, 0.4) is 0 Å². The molecule has 22 heavy (non-hydrogen) atoms. The third-order valence-electron chi connectivity index (χ3n) is 3.89. The van der Waals surface area contributed by atoms with Crippen molar-refractivity contribution in [3.63, 3.8) is 0 Å². The Kier molecular flexibility index (Phi) is 4.82. The number of rotatable bonds is 4. The first-order valence-electron chi connectivity index (χ1n) is 7.13. The van der Waals surface area contributed by atoms with Gasteiger partial charge in [0.25, 0.3) is 0 Å². The second-order valence-corrected chi connectivity index (χ2v) is 10.8. The first-order chi connectivity index (χ1) is 10.1. The van der Waals surface area contributed by atoms with Crippen LogP contribution in [0.15, 0.2) is 17.1 Å². The van der Waals surface area contributed by atoms with Crippen molar-refractivity contribution >= 4 is 13.2 Å². The molecule has 1 aromatic heterocycles. The van der Waals surface area contributed by atoms with Crippen LogP contribution in [0, 0.1) is 5.41 Å². The fourth-order valence-electron chi connectivity index (χ4n) is 2.47. The lowest BCUT2D eigenvalue weighted by molar-refractivity contribution is -0.0408. The summed E-state index contributed by atoms with van der Waals surface area (Å²) < 4.78 is 8.09. The van der Waals surface area contributed by atoms with Gasteiger partial charge in [-0.25, -0.2) is 4.79 Å². The van der Waals surface area contributed by atoms with Crippen molar-refractivity contribution in [1.29, 1.82) is 5.41 Å². The lowest BCUT2D eigenvalue weighted by Gasteiger charge is -2.19. The molecule has 2 heterocycles. The minimum Gasteiger partial charge on any atom is -0.388 e. The maximum Gasteiger partial charge on any atom is 0.331 e. The highest BCUT2D eigenvalue weighted by Crippen LogP contribution is 2.39. The number of nitrogens with zero attached hydrogens (tertiary/aromatic N) is 2. The molecule has 7 nitrogen and oxygen atoms in total. The lowest BCUT2D eigenvalue weighted by atomic mass is 10.1. The molecule has 4 atom stereocenters. The summed E-state index contributed by atoms with van der Waals surface area (Å²) >= 11 is 0. The van der Waals surface area contributed by atoms with Crippen LogP contribution >= 0.6 is 6.89 Å². The summed E-state index contributed by atoms with van der Waals surface area (Å²) in [5.41, 5.74) is -0.399. The third kappa shape index (κ3) is 3.43. The summed E-state index contributed by atoms with van der Waals surface area (Å²) in [5.74, 6) is 0. The summed E-state index contributed by atoms with van der Waals surface area (Å²) in [6, 6.07) is 1.45. The number of aromatic nitrogens is 2. The van der Waals surface area contributed by atoms with Crippen LogP contribution in [0.4, 0.5) is 0 Å². The second-order valence-electron chi connectivity index (χ2n) is 6.44. The highest BCUT2D eigenvalue weighted by molar-refractivity contribution is 7.72. The number of aliphatic hydroxyl groups is 2. The number of ether oxygens (including phenoxy) is 1. The molecule has 3 N–H and O–H groups in total. The normalized spacial score (nSPS) is 29.0. The van der Waals surface area contributed by atoms with Gasteiger partial charge in [0.2, 0.25) is 0 Å². The van der Waals surface area contributed by atoms with Crippen LogP contribution in [0.5, 0.6) is 0 Å². The summed E-state index contributed by atoms with van der Waals surface area (Å²) in [4.78, 5) is 12.2. The molecule has 8 heteroatoms. The van der Waals surface area contributed by atoms with Crippen molar-refractivity contribution in [3.8, 4) is 0 Å². The monoisotopic (exact) mass is 329 g/mol. The van der Waals surface area contributed by atoms with E-state index in [1.54, 1.807) is 0 Å². The molecule has 0 radical (unpaired) electrons. The number of hydrogen-bond acceptors (Lipinski definition) is 5. The smallest absolute Gasteiger partial charge is 0.331 e. The summed E-state index contributed by atoms with van der Waals surface area (Å²) in [6.45, 7) is 2.94. The van der Waals surface area contributed by atoms with E-state index < -0.39 is 37.1 Å². The van der Waals surface area contributed by atoms with Gasteiger partial charge < -0.3 is 14.9 Å². The maximum atomic E-state index is 12.2. The highest BCUT2D eigenvalue weighted by Gasteiger charge is 2.43. The average molecular weight is 329 g/mol. The molecule has 124 valence electrons. The minimum atomic E-state index is -1.25. The SMILES string of the molecule is C=P(C)(C)CCC1OC(n2ccc(=N)n(C)c2=O)[C@H](O)[C@@H]1O. The number of hydrogen-bond donors (Lipinski definition) is 3. The van der Waals surface area contributed by atoms with E-state index in [9.17, 15) is 15.0 Å². The van der Waals surface area contributed by atoms with Gasteiger partial charge in [0.1, 0.15) is 17.7 Å². The van der Waals surface area contributed by atoms with Gasteiger partial charge in [0, 0.05) is 13.2 Å². The summed E-state index contributed by atoms with van der Waals surface area (Å²) in [6.07, 6.45) is 3.29. The number of aliphatic hydroxyl groups excluding tert-OH is 2. The topological polar surface area (TPSA) is 100 Å². The zero-order chi connectivity index (χ0) is 16.7. The first kappa shape index (κ1) is 17.2. The van der Waals surface area contributed by atoms with Crippen LogP contribution < -0.4 is 11.2 Å². The molecule has 0 saturated carbocycles. The molecule has 0 spiro atoms. The van der Waals surface area contributed by atoms with Crippen molar-refractivity contribution in [1.82, 2.24) is 9.13 Å². The standard InChI is InChI=1S/C14H24N3O4P/c1-16-10(15)5-7-17(14(16)20)13-12(19)11(18)9(21-13)6-8-22(2,3)4/h5,7,9,11-13,15,18-19H,2,6,8H2,1,3-4H3/t9?,11-,12-,13?/m1/s1. The Hall–Kier alpha value is -1.14. The van der Waals surface area contributed by atoms with Crippen LogP contribution in [0.1, 0.15) is 12.6 Å². The molecule has 1 fully saturated rings. The fourth-order valence-corrected chi connectivity index (χ4v) is 3.42. The van der Waals surface area contributed by atoms with E-state index in [4.69, 9.17) is 10.1 Å². The Morgan fingerprint density at radius 1 is 1.41 bits per heavy atom. The van der Waals surface area contributed by atoms with Gasteiger partial charge in [-0.2, -0.15) is 0 Å². The molecule has 1 aromatic rings. The van der Waals surface area contributed by atoms with Crippen molar-refractivity contribution in [3.05, 3.63) is 28.2 Å². The average Bonchev–Trinajstić information content (AvgIpc) is 2.70. The molecule has 2 unspecified atom stereocenters. The second kappa shape index (κ2) is 6.16. The fraction of sp³-hybridized carbons (Fsp3) is 0.643. The number of nitrogens with one attached hydrogen (secondary N) is 1. The zero-order valence-corrected chi connectivity index (χ0v) is 14.0. The Morgan fingerprint density at radius 2 is 2.05 bits per heavy atom. The largest absolute Gasteiger partial charge is 0.388 e. The quantitative estimate of drug-likeness (QED) is 0.641. The Balaban J connectivity index is 2.24. The van der Waals surface area contributed by atoms with E-state index in [0.29, 0.717) is 6.42 Å². The van der Waals surface area contributed by atoms with Crippen LogP contribution in [0.2, 0.25) is 0 Å². The van der Waals surface area contributed by atoms with Gasteiger partial charge in [-0.15, -0.1) is 13.2 Å². The van der Waals surface area contributed by atoms with E-state index in [-0.39, 0.29) is 5.49 Å².